The van der Waals surface area contributed by atoms with Gasteiger partial charge < -0.3 is 5.32 Å². The summed E-state index contributed by atoms with van der Waals surface area (Å²) in [6.07, 6.45) is 1.79. The van der Waals surface area contributed by atoms with Crippen LogP contribution in [0.2, 0.25) is 5.02 Å². The molecule has 0 fully saturated rings. The zero-order valence-electron chi connectivity index (χ0n) is 12.8. The Morgan fingerprint density at radius 3 is 2.71 bits per heavy atom. The number of anilines is 1. The maximum absolute atomic E-state index is 11.2. The summed E-state index contributed by atoms with van der Waals surface area (Å²) in [6, 6.07) is 13.8. The zero-order valence-corrected chi connectivity index (χ0v) is 13.5. The lowest BCUT2D eigenvalue weighted by Gasteiger charge is -2.12. The van der Waals surface area contributed by atoms with Gasteiger partial charge in [0.2, 0.25) is 0 Å². The van der Waals surface area contributed by atoms with Crippen molar-refractivity contribution in [3.63, 3.8) is 0 Å². The standard InChI is InChI=1S/C16H14ClN5O2/c1-11(18-14-8-7-12(17)9-16(14)22(23)24)15-10-21(20-19-15)13-5-3-2-4-6-13/h2-11,18H,1H3. The molecule has 2 aromatic carbocycles. The highest BCUT2D eigenvalue weighted by Crippen LogP contribution is 2.30. The van der Waals surface area contributed by atoms with Crippen molar-refractivity contribution < 1.29 is 4.92 Å². The number of aromatic nitrogens is 3. The quantitative estimate of drug-likeness (QED) is 0.559. The molecule has 0 aliphatic carbocycles. The number of para-hydroxylation sites is 1. The number of nitrogens with zero attached hydrogens (tertiary/aromatic N) is 4. The van der Waals surface area contributed by atoms with Crippen LogP contribution in [0.25, 0.3) is 5.69 Å². The van der Waals surface area contributed by atoms with Gasteiger partial charge in [-0.05, 0) is 31.2 Å². The third-order valence-electron chi connectivity index (χ3n) is 3.50. The van der Waals surface area contributed by atoms with Crippen LogP contribution in [0.15, 0.2) is 54.7 Å². The van der Waals surface area contributed by atoms with E-state index in [1.165, 1.54) is 6.07 Å². The lowest BCUT2D eigenvalue weighted by molar-refractivity contribution is -0.384. The monoisotopic (exact) mass is 343 g/mol. The van der Waals surface area contributed by atoms with Gasteiger partial charge in [-0.2, -0.15) is 0 Å². The topological polar surface area (TPSA) is 85.9 Å². The van der Waals surface area contributed by atoms with Gasteiger partial charge in [0.1, 0.15) is 11.4 Å². The summed E-state index contributed by atoms with van der Waals surface area (Å²) in [5.41, 5.74) is 1.86. The Hall–Kier alpha value is -2.93. The first-order valence-corrected chi connectivity index (χ1v) is 7.60. The predicted molar refractivity (Wildman–Crippen MR) is 91.5 cm³/mol. The summed E-state index contributed by atoms with van der Waals surface area (Å²) in [5, 5.41) is 22.8. The summed E-state index contributed by atoms with van der Waals surface area (Å²) in [5.74, 6) is 0. The SMILES string of the molecule is CC(Nc1ccc(Cl)cc1[N+](=O)[O-])c1cn(-c2ccccc2)nn1. The van der Waals surface area contributed by atoms with Gasteiger partial charge in [0.05, 0.1) is 22.8 Å². The zero-order chi connectivity index (χ0) is 17.1. The minimum Gasteiger partial charge on any atom is -0.371 e. The van der Waals surface area contributed by atoms with Crippen molar-refractivity contribution in [2.24, 2.45) is 0 Å². The predicted octanol–water partition coefficient (Wildman–Crippen LogP) is 4.00. The number of nitrogens with one attached hydrogen (secondary N) is 1. The first-order chi connectivity index (χ1) is 11.5. The van der Waals surface area contributed by atoms with Crippen LogP contribution in [0.1, 0.15) is 18.7 Å². The summed E-state index contributed by atoms with van der Waals surface area (Å²) in [7, 11) is 0. The molecule has 24 heavy (non-hydrogen) atoms. The smallest absolute Gasteiger partial charge is 0.293 e. The second kappa shape index (κ2) is 6.67. The van der Waals surface area contributed by atoms with E-state index in [2.05, 4.69) is 15.6 Å². The summed E-state index contributed by atoms with van der Waals surface area (Å²) in [6.45, 7) is 1.86. The van der Waals surface area contributed by atoms with Crippen molar-refractivity contribution in [3.05, 3.63) is 75.6 Å². The molecule has 0 bridgehead atoms. The molecule has 3 aromatic rings. The molecule has 0 aliphatic rings. The normalized spacial score (nSPS) is 11.9. The molecule has 0 amide bonds. The van der Waals surface area contributed by atoms with E-state index >= 15 is 0 Å². The van der Waals surface area contributed by atoms with Crippen molar-refractivity contribution in [3.8, 4) is 5.69 Å². The van der Waals surface area contributed by atoms with Crippen molar-refractivity contribution >= 4 is 23.0 Å². The number of hydrogen-bond acceptors (Lipinski definition) is 5. The van der Waals surface area contributed by atoms with Gasteiger partial charge in [-0.3, -0.25) is 10.1 Å². The molecular weight excluding hydrogens is 330 g/mol. The van der Waals surface area contributed by atoms with Crippen molar-refractivity contribution in [1.82, 2.24) is 15.0 Å². The van der Waals surface area contributed by atoms with E-state index in [0.717, 1.165) is 5.69 Å². The Morgan fingerprint density at radius 2 is 2.00 bits per heavy atom. The molecule has 122 valence electrons. The highest BCUT2D eigenvalue weighted by Gasteiger charge is 2.18. The van der Waals surface area contributed by atoms with E-state index in [-0.39, 0.29) is 11.7 Å². The maximum Gasteiger partial charge on any atom is 0.293 e. The molecule has 8 heteroatoms. The van der Waals surface area contributed by atoms with Gasteiger partial charge >= 0.3 is 0 Å². The average molecular weight is 344 g/mol. The number of benzene rings is 2. The Morgan fingerprint density at radius 1 is 1.25 bits per heavy atom. The lowest BCUT2D eigenvalue weighted by Crippen LogP contribution is -2.08. The molecule has 3 rings (SSSR count). The fourth-order valence-electron chi connectivity index (χ4n) is 2.27. The van der Waals surface area contributed by atoms with Gasteiger partial charge in [-0.1, -0.05) is 35.0 Å². The van der Waals surface area contributed by atoms with E-state index in [0.29, 0.717) is 16.4 Å². The van der Waals surface area contributed by atoms with Gasteiger partial charge in [0, 0.05) is 11.1 Å². The first-order valence-electron chi connectivity index (χ1n) is 7.23. The van der Waals surface area contributed by atoms with Crippen molar-refractivity contribution in [2.75, 3.05) is 5.32 Å². The van der Waals surface area contributed by atoms with Crippen molar-refractivity contribution in [1.29, 1.82) is 0 Å². The minimum absolute atomic E-state index is 0.0789. The second-order valence-electron chi connectivity index (χ2n) is 5.21. The molecule has 1 atom stereocenters. The molecule has 1 heterocycles. The van der Waals surface area contributed by atoms with E-state index in [1.807, 2.05) is 37.3 Å². The number of hydrogen-bond donors (Lipinski definition) is 1. The number of nitro groups is 1. The molecule has 0 spiro atoms. The molecule has 0 saturated heterocycles. The fourth-order valence-corrected chi connectivity index (χ4v) is 2.43. The third-order valence-corrected chi connectivity index (χ3v) is 3.74. The van der Waals surface area contributed by atoms with Crippen LogP contribution >= 0.6 is 11.6 Å². The molecule has 0 aliphatic heterocycles. The molecule has 1 unspecified atom stereocenters. The Labute approximate surface area is 143 Å². The molecule has 1 N–H and O–H groups in total. The van der Waals surface area contributed by atoms with E-state index < -0.39 is 4.92 Å². The molecule has 7 nitrogen and oxygen atoms in total. The van der Waals surface area contributed by atoms with Crippen LogP contribution in [0, 0.1) is 10.1 Å². The summed E-state index contributed by atoms with van der Waals surface area (Å²) < 4.78 is 1.66. The fraction of sp³-hybridized carbons (Fsp3) is 0.125. The van der Waals surface area contributed by atoms with Crippen LogP contribution in [0.3, 0.4) is 0 Å². The summed E-state index contributed by atoms with van der Waals surface area (Å²) >= 11 is 5.83. The second-order valence-corrected chi connectivity index (χ2v) is 5.64. The first kappa shape index (κ1) is 15.9. The van der Waals surface area contributed by atoms with Crippen LogP contribution in [0.5, 0.6) is 0 Å². The average Bonchev–Trinajstić information content (AvgIpc) is 3.07. The van der Waals surface area contributed by atoms with E-state index in [1.54, 1.807) is 23.0 Å². The lowest BCUT2D eigenvalue weighted by atomic mass is 10.2. The summed E-state index contributed by atoms with van der Waals surface area (Å²) in [4.78, 5) is 10.7. The number of halogens is 1. The number of rotatable bonds is 5. The van der Waals surface area contributed by atoms with Gasteiger partial charge in [-0.25, -0.2) is 4.68 Å². The Balaban J connectivity index is 1.82. The van der Waals surface area contributed by atoms with Gasteiger partial charge in [-0.15, -0.1) is 5.10 Å². The van der Waals surface area contributed by atoms with Crippen molar-refractivity contribution in [2.45, 2.75) is 13.0 Å². The van der Waals surface area contributed by atoms with Crippen LogP contribution in [0.4, 0.5) is 11.4 Å². The van der Waals surface area contributed by atoms with E-state index in [9.17, 15) is 10.1 Å². The largest absolute Gasteiger partial charge is 0.371 e. The Kier molecular flexibility index (Phi) is 4.43. The van der Waals surface area contributed by atoms with Crippen LogP contribution < -0.4 is 5.32 Å². The molecular formula is C16H14ClN5O2. The third kappa shape index (κ3) is 3.36. The van der Waals surface area contributed by atoms with Gasteiger partial charge in [0.15, 0.2) is 0 Å². The number of nitro benzene ring substituents is 1. The van der Waals surface area contributed by atoms with E-state index in [4.69, 9.17) is 11.6 Å². The molecule has 1 aromatic heterocycles. The highest BCUT2D eigenvalue weighted by atomic mass is 35.5. The Bertz CT molecular complexity index is 866. The maximum atomic E-state index is 11.2. The van der Waals surface area contributed by atoms with Crippen LogP contribution in [-0.2, 0) is 0 Å². The highest BCUT2D eigenvalue weighted by molar-refractivity contribution is 6.30. The minimum atomic E-state index is -0.470. The molecule has 0 saturated carbocycles. The van der Waals surface area contributed by atoms with Gasteiger partial charge in [0.25, 0.3) is 5.69 Å². The van der Waals surface area contributed by atoms with Crippen LogP contribution in [-0.4, -0.2) is 19.9 Å². The molecule has 0 radical (unpaired) electrons.